The van der Waals surface area contributed by atoms with E-state index in [1.165, 1.54) is 17.7 Å². The molecule has 1 saturated heterocycles. The molecule has 3 N–H and O–H groups in total. The number of aliphatic hydroxyl groups excluding tert-OH is 1. The Hall–Kier alpha value is -2.22. The van der Waals surface area contributed by atoms with Crippen LogP contribution in [-0.4, -0.2) is 55.4 Å². The second kappa shape index (κ2) is 10.2. The van der Waals surface area contributed by atoms with Gasteiger partial charge in [-0.1, -0.05) is 18.7 Å². The molecule has 0 aliphatic carbocycles. The van der Waals surface area contributed by atoms with E-state index in [9.17, 15) is 5.11 Å². The van der Waals surface area contributed by atoms with Gasteiger partial charge in [-0.25, -0.2) is 0 Å². The summed E-state index contributed by atoms with van der Waals surface area (Å²) in [5.74, 6) is 2.18. The van der Waals surface area contributed by atoms with Crippen LogP contribution in [0.4, 0.5) is 0 Å². The molecule has 0 saturated carbocycles. The van der Waals surface area contributed by atoms with Gasteiger partial charge in [-0.15, -0.1) is 11.3 Å². The number of benzene rings is 1. The van der Waals surface area contributed by atoms with E-state index >= 15 is 0 Å². The Kier molecular flexibility index (Phi) is 7.15. The van der Waals surface area contributed by atoms with Crippen molar-refractivity contribution in [3.8, 4) is 11.5 Å². The molecule has 0 unspecified atom stereocenters. The summed E-state index contributed by atoms with van der Waals surface area (Å²) in [6, 6.07) is 9.74. The van der Waals surface area contributed by atoms with E-state index in [0.29, 0.717) is 19.0 Å². The second-order valence-electron chi connectivity index (χ2n) is 7.84. The summed E-state index contributed by atoms with van der Waals surface area (Å²) < 4.78 is 11.3. The Balaban J connectivity index is 1.39. The summed E-state index contributed by atoms with van der Waals surface area (Å²) in [5, 5.41) is 20.1. The number of fused-ring (bicyclic) bond motifs is 1. The third-order valence-corrected chi connectivity index (χ3v) is 6.53. The number of rotatable bonds is 10. The maximum Gasteiger partial charge on any atom is 0.161 e. The standard InChI is InChI=1S/C23H31N3O3S/c1-17(24-9-8-19-5-4-14-30-19)25-20(16-26-10-2-3-11-26)23(27)18-6-7-21-22(15-18)29-13-12-28-21/h4-7,14-15,20,23-25,27H,1-3,8-13,16H2/t20-,23-/m1/s1. The Labute approximate surface area is 182 Å². The second-order valence-corrected chi connectivity index (χ2v) is 8.87. The Morgan fingerprint density at radius 3 is 2.73 bits per heavy atom. The molecule has 0 radical (unpaired) electrons. The molecule has 162 valence electrons. The van der Waals surface area contributed by atoms with Gasteiger partial charge in [-0.05, 0) is 61.5 Å². The number of aliphatic hydroxyl groups is 1. The van der Waals surface area contributed by atoms with Gasteiger partial charge in [0.15, 0.2) is 11.5 Å². The van der Waals surface area contributed by atoms with E-state index in [4.69, 9.17) is 9.47 Å². The summed E-state index contributed by atoms with van der Waals surface area (Å²) in [5.41, 5.74) is 0.822. The van der Waals surface area contributed by atoms with Crippen LogP contribution in [0.3, 0.4) is 0 Å². The fourth-order valence-corrected chi connectivity index (χ4v) is 4.72. The highest BCUT2D eigenvalue weighted by molar-refractivity contribution is 7.09. The number of nitrogens with one attached hydrogen (secondary N) is 2. The molecule has 3 heterocycles. The zero-order valence-corrected chi connectivity index (χ0v) is 18.1. The van der Waals surface area contributed by atoms with E-state index in [-0.39, 0.29) is 6.04 Å². The van der Waals surface area contributed by atoms with Gasteiger partial charge in [0.1, 0.15) is 19.3 Å². The number of likely N-dealkylation sites (tertiary alicyclic amines) is 1. The van der Waals surface area contributed by atoms with Crippen LogP contribution >= 0.6 is 11.3 Å². The zero-order chi connectivity index (χ0) is 20.8. The van der Waals surface area contributed by atoms with Crippen molar-refractivity contribution < 1.29 is 14.6 Å². The molecular weight excluding hydrogens is 398 g/mol. The van der Waals surface area contributed by atoms with Crippen molar-refractivity contribution in [1.82, 2.24) is 15.5 Å². The van der Waals surface area contributed by atoms with Gasteiger partial charge >= 0.3 is 0 Å². The monoisotopic (exact) mass is 429 g/mol. The lowest BCUT2D eigenvalue weighted by molar-refractivity contribution is 0.109. The third kappa shape index (κ3) is 5.47. The van der Waals surface area contributed by atoms with Crippen molar-refractivity contribution >= 4 is 11.3 Å². The van der Waals surface area contributed by atoms with Crippen LogP contribution in [0.15, 0.2) is 48.1 Å². The first-order valence-electron chi connectivity index (χ1n) is 10.7. The van der Waals surface area contributed by atoms with Gasteiger partial charge < -0.3 is 30.1 Å². The highest BCUT2D eigenvalue weighted by atomic mass is 32.1. The van der Waals surface area contributed by atoms with E-state index < -0.39 is 6.10 Å². The van der Waals surface area contributed by atoms with E-state index in [2.05, 4.69) is 39.6 Å². The first kappa shape index (κ1) is 21.0. The van der Waals surface area contributed by atoms with Gasteiger partial charge in [-0.3, -0.25) is 0 Å². The fourth-order valence-electron chi connectivity index (χ4n) is 4.01. The Morgan fingerprint density at radius 1 is 1.17 bits per heavy atom. The molecule has 0 spiro atoms. The van der Waals surface area contributed by atoms with Crippen LogP contribution in [0.25, 0.3) is 0 Å². The van der Waals surface area contributed by atoms with Crippen molar-refractivity contribution in [2.24, 2.45) is 0 Å². The number of hydrogen-bond donors (Lipinski definition) is 3. The minimum atomic E-state index is -0.683. The summed E-state index contributed by atoms with van der Waals surface area (Å²) in [4.78, 5) is 3.75. The lowest BCUT2D eigenvalue weighted by atomic mass is 10.0. The molecule has 2 atom stereocenters. The minimum Gasteiger partial charge on any atom is -0.486 e. The Bertz CT molecular complexity index is 821. The number of thiophene rings is 1. The number of nitrogens with zero attached hydrogens (tertiary/aromatic N) is 1. The van der Waals surface area contributed by atoms with Crippen LogP contribution in [0.5, 0.6) is 11.5 Å². The number of ether oxygens (including phenoxy) is 2. The van der Waals surface area contributed by atoms with Crippen molar-refractivity contribution in [1.29, 1.82) is 0 Å². The highest BCUT2D eigenvalue weighted by Gasteiger charge is 2.26. The quantitative estimate of drug-likeness (QED) is 0.540. The van der Waals surface area contributed by atoms with Crippen LogP contribution in [0.2, 0.25) is 0 Å². The lowest BCUT2D eigenvalue weighted by Crippen LogP contribution is -2.46. The van der Waals surface area contributed by atoms with E-state index in [1.54, 1.807) is 11.3 Å². The third-order valence-electron chi connectivity index (χ3n) is 5.59. The van der Waals surface area contributed by atoms with Gasteiger partial charge in [0.05, 0.1) is 11.9 Å². The van der Waals surface area contributed by atoms with Crippen molar-refractivity contribution in [2.45, 2.75) is 31.4 Å². The van der Waals surface area contributed by atoms with Crippen molar-refractivity contribution in [3.05, 3.63) is 58.6 Å². The predicted octanol–water partition coefficient (Wildman–Crippen LogP) is 2.91. The molecule has 1 fully saturated rings. The molecule has 4 rings (SSSR count). The zero-order valence-electron chi connectivity index (χ0n) is 17.3. The maximum atomic E-state index is 11.2. The normalized spacial score (nSPS) is 18.0. The molecule has 2 aliphatic rings. The average molecular weight is 430 g/mol. The SMILES string of the molecule is C=C(NCCc1cccs1)N[C@H](CN1CCCC1)[C@H](O)c1ccc2c(c1)OCCO2. The van der Waals surface area contributed by atoms with Crippen molar-refractivity contribution in [2.75, 3.05) is 39.4 Å². The molecule has 1 aromatic heterocycles. The molecule has 6 nitrogen and oxygen atoms in total. The summed E-state index contributed by atoms with van der Waals surface area (Å²) >= 11 is 1.76. The lowest BCUT2D eigenvalue weighted by Gasteiger charge is -2.31. The predicted molar refractivity (Wildman–Crippen MR) is 120 cm³/mol. The maximum absolute atomic E-state index is 11.2. The summed E-state index contributed by atoms with van der Waals surface area (Å²) in [6.45, 7) is 8.96. The Morgan fingerprint density at radius 2 is 1.97 bits per heavy atom. The fraction of sp³-hybridized carbons (Fsp3) is 0.478. The molecule has 1 aromatic carbocycles. The van der Waals surface area contributed by atoms with Gasteiger partial charge in [0, 0.05) is 18.0 Å². The first-order chi connectivity index (χ1) is 14.7. The van der Waals surface area contributed by atoms with Crippen LogP contribution in [0.1, 0.15) is 29.4 Å². The summed E-state index contributed by atoms with van der Waals surface area (Å²) in [6.07, 6.45) is 2.71. The minimum absolute atomic E-state index is 0.174. The smallest absolute Gasteiger partial charge is 0.161 e. The number of hydrogen-bond acceptors (Lipinski definition) is 7. The molecule has 0 bridgehead atoms. The van der Waals surface area contributed by atoms with Crippen LogP contribution in [-0.2, 0) is 6.42 Å². The van der Waals surface area contributed by atoms with Gasteiger partial charge in [-0.2, -0.15) is 0 Å². The van der Waals surface area contributed by atoms with Crippen LogP contribution < -0.4 is 20.1 Å². The van der Waals surface area contributed by atoms with Crippen molar-refractivity contribution in [3.63, 3.8) is 0 Å². The van der Waals surface area contributed by atoms with Gasteiger partial charge in [0.25, 0.3) is 0 Å². The van der Waals surface area contributed by atoms with Crippen LogP contribution in [0, 0.1) is 0 Å². The topological polar surface area (TPSA) is 66.0 Å². The summed E-state index contributed by atoms with van der Waals surface area (Å²) in [7, 11) is 0. The molecule has 2 aromatic rings. The van der Waals surface area contributed by atoms with E-state index in [1.807, 2.05) is 18.2 Å². The average Bonchev–Trinajstić information content (AvgIpc) is 3.47. The molecule has 0 amide bonds. The molecule has 30 heavy (non-hydrogen) atoms. The largest absolute Gasteiger partial charge is 0.486 e. The van der Waals surface area contributed by atoms with Gasteiger partial charge in [0.2, 0.25) is 0 Å². The molecular formula is C23H31N3O3S. The molecule has 7 heteroatoms. The first-order valence-corrected chi connectivity index (χ1v) is 11.6. The highest BCUT2D eigenvalue weighted by Crippen LogP contribution is 2.33. The van der Waals surface area contributed by atoms with E-state index in [0.717, 1.165) is 49.7 Å². The molecule has 2 aliphatic heterocycles.